The van der Waals surface area contributed by atoms with E-state index in [9.17, 15) is 20.4 Å². The molecular weight excluding hydrogens is 384 g/mol. The Morgan fingerprint density at radius 2 is 1.71 bits per heavy atom. The van der Waals surface area contributed by atoms with Crippen molar-refractivity contribution < 1.29 is 29.9 Å². The maximum atomic E-state index is 9.74. The van der Waals surface area contributed by atoms with Gasteiger partial charge in [-0.05, 0) is 55.2 Å². The highest BCUT2D eigenvalue weighted by atomic mass is 35.5. The van der Waals surface area contributed by atoms with Crippen molar-refractivity contribution in [2.24, 2.45) is 0 Å². The van der Waals surface area contributed by atoms with Crippen molar-refractivity contribution in [1.82, 2.24) is 0 Å². The lowest BCUT2D eigenvalue weighted by molar-refractivity contribution is -0.188. The van der Waals surface area contributed by atoms with Crippen LogP contribution in [0.5, 0.6) is 5.75 Å². The van der Waals surface area contributed by atoms with Gasteiger partial charge in [0.2, 0.25) is 0 Å². The summed E-state index contributed by atoms with van der Waals surface area (Å²) < 4.78 is 11.0. The highest BCUT2D eigenvalue weighted by molar-refractivity contribution is 6.31. The highest BCUT2D eigenvalue weighted by Crippen LogP contribution is 2.29. The Bertz CT molecular complexity index is 732. The molecule has 0 aliphatic carbocycles. The smallest absolute Gasteiger partial charge is 0.182 e. The van der Waals surface area contributed by atoms with Crippen LogP contribution in [-0.2, 0) is 11.2 Å². The van der Waals surface area contributed by atoms with E-state index in [0.717, 1.165) is 16.9 Å². The van der Waals surface area contributed by atoms with Crippen LogP contribution in [0, 0.1) is 0 Å². The van der Waals surface area contributed by atoms with Gasteiger partial charge in [-0.3, -0.25) is 0 Å². The zero-order chi connectivity index (χ0) is 20.7. The van der Waals surface area contributed by atoms with Gasteiger partial charge in [0.15, 0.2) is 6.29 Å². The van der Waals surface area contributed by atoms with Gasteiger partial charge in [-0.25, -0.2) is 0 Å². The fraction of sp³-hybridized carbons (Fsp3) is 0.429. The van der Waals surface area contributed by atoms with Gasteiger partial charge in [0.1, 0.15) is 18.0 Å². The van der Waals surface area contributed by atoms with Crippen molar-refractivity contribution in [3.63, 3.8) is 0 Å². The molecule has 0 aliphatic rings. The van der Waals surface area contributed by atoms with Crippen molar-refractivity contribution in [2.45, 2.75) is 44.9 Å². The van der Waals surface area contributed by atoms with Gasteiger partial charge in [-0.1, -0.05) is 35.9 Å². The molecule has 0 bridgehead atoms. The summed E-state index contributed by atoms with van der Waals surface area (Å²) >= 11 is 6.32. The van der Waals surface area contributed by atoms with E-state index in [2.05, 4.69) is 0 Å². The molecule has 0 aromatic heterocycles. The molecule has 0 amide bonds. The van der Waals surface area contributed by atoms with E-state index in [1.165, 1.54) is 6.92 Å². The summed E-state index contributed by atoms with van der Waals surface area (Å²) in [4.78, 5) is 0. The predicted molar refractivity (Wildman–Crippen MR) is 106 cm³/mol. The van der Waals surface area contributed by atoms with Crippen molar-refractivity contribution in [3.05, 3.63) is 64.2 Å². The van der Waals surface area contributed by atoms with Gasteiger partial charge in [-0.2, -0.15) is 0 Å². The number of aliphatic hydroxyl groups excluding tert-OH is 3. The lowest BCUT2D eigenvalue weighted by Gasteiger charge is -2.27. The monoisotopic (exact) mass is 410 g/mol. The number of rotatable bonds is 10. The minimum Gasteiger partial charge on any atom is -0.494 e. The summed E-state index contributed by atoms with van der Waals surface area (Å²) in [5, 5.41) is 39.0. The van der Waals surface area contributed by atoms with Crippen molar-refractivity contribution in [2.75, 3.05) is 13.2 Å². The Labute approximate surface area is 169 Å². The van der Waals surface area contributed by atoms with Gasteiger partial charge in [-0.15, -0.1) is 0 Å². The Morgan fingerprint density at radius 1 is 1.04 bits per heavy atom. The fourth-order valence-corrected chi connectivity index (χ4v) is 3.00. The molecule has 154 valence electrons. The first-order valence-corrected chi connectivity index (χ1v) is 9.54. The quantitative estimate of drug-likeness (QED) is 0.449. The summed E-state index contributed by atoms with van der Waals surface area (Å²) in [5.74, 6) is 0.788. The van der Waals surface area contributed by atoms with Crippen LogP contribution in [0.25, 0.3) is 0 Å². The van der Waals surface area contributed by atoms with E-state index < -0.39 is 31.2 Å². The zero-order valence-electron chi connectivity index (χ0n) is 16.0. The van der Waals surface area contributed by atoms with Crippen molar-refractivity contribution in [3.8, 4) is 5.75 Å². The van der Waals surface area contributed by atoms with E-state index in [1.807, 2.05) is 31.2 Å². The van der Waals surface area contributed by atoms with Crippen LogP contribution in [0.2, 0.25) is 5.02 Å². The van der Waals surface area contributed by atoms with Gasteiger partial charge >= 0.3 is 0 Å². The average molecular weight is 411 g/mol. The van der Waals surface area contributed by atoms with Crippen LogP contribution in [0.3, 0.4) is 0 Å². The van der Waals surface area contributed by atoms with E-state index in [1.54, 1.807) is 18.2 Å². The van der Waals surface area contributed by atoms with Gasteiger partial charge in [0, 0.05) is 5.02 Å². The number of aliphatic hydroxyl groups is 4. The molecule has 0 aliphatic heterocycles. The van der Waals surface area contributed by atoms with E-state index in [0.29, 0.717) is 23.6 Å². The molecule has 3 atom stereocenters. The third-order valence-corrected chi connectivity index (χ3v) is 4.71. The molecule has 2 rings (SSSR count). The van der Waals surface area contributed by atoms with E-state index >= 15 is 0 Å². The van der Waals surface area contributed by atoms with Crippen LogP contribution in [-0.4, -0.2) is 52.1 Å². The number of ether oxygens (including phenoxy) is 2. The molecule has 0 saturated carbocycles. The highest BCUT2D eigenvalue weighted by Gasteiger charge is 2.27. The number of hydrogen-bond acceptors (Lipinski definition) is 6. The molecule has 2 aromatic rings. The molecule has 0 saturated heterocycles. The van der Waals surface area contributed by atoms with Crippen LogP contribution in [0.1, 0.15) is 36.6 Å². The average Bonchev–Trinajstić information content (AvgIpc) is 2.66. The first-order chi connectivity index (χ1) is 13.3. The molecule has 28 heavy (non-hydrogen) atoms. The first kappa shape index (κ1) is 22.6. The van der Waals surface area contributed by atoms with Crippen molar-refractivity contribution >= 4 is 11.6 Å². The second-order valence-electron chi connectivity index (χ2n) is 6.54. The summed E-state index contributed by atoms with van der Waals surface area (Å²) in [7, 11) is 0. The molecule has 0 radical (unpaired) electrons. The summed E-state index contributed by atoms with van der Waals surface area (Å²) in [5.41, 5.74) is 2.29. The zero-order valence-corrected chi connectivity index (χ0v) is 16.7. The lowest BCUT2D eigenvalue weighted by Crippen LogP contribution is -2.35. The van der Waals surface area contributed by atoms with Gasteiger partial charge in [0.05, 0.1) is 19.3 Å². The standard InChI is InChI=1S/C21H27ClO6/c1-3-27-17-7-4-14(5-8-17)10-16-11-15(6-9-18(16)22)20(21(25)26)28-19(12-23)13(2)24/h4-9,11,13,19-21,23-26H,3,10,12H2,1-2H3. The Balaban J connectivity index is 2.24. The Hall–Kier alpha value is -1.67. The second kappa shape index (κ2) is 10.8. The minimum atomic E-state index is -1.83. The molecule has 4 N–H and O–H groups in total. The number of halogens is 1. The van der Waals surface area contributed by atoms with Crippen LogP contribution in [0.15, 0.2) is 42.5 Å². The fourth-order valence-electron chi connectivity index (χ4n) is 2.82. The summed E-state index contributed by atoms with van der Waals surface area (Å²) in [6.45, 7) is 3.53. The van der Waals surface area contributed by atoms with Gasteiger partial charge in [0.25, 0.3) is 0 Å². The molecule has 0 fully saturated rings. The van der Waals surface area contributed by atoms with Crippen molar-refractivity contribution in [1.29, 1.82) is 0 Å². The second-order valence-corrected chi connectivity index (χ2v) is 6.94. The topological polar surface area (TPSA) is 99.4 Å². The van der Waals surface area contributed by atoms with Crippen LogP contribution < -0.4 is 4.74 Å². The summed E-state index contributed by atoms with van der Waals surface area (Å²) in [6, 6.07) is 12.7. The Kier molecular flexibility index (Phi) is 8.69. The molecular formula is C21H27ClO6. The normalized spacial score (nSPS) is 14.7. The minimum absolute atomic E-state index is 0.451. The molecule has 7 heteroatoms. The predicted octanol–water partition coefficient (Wildman–Crippen LogP) is 2.44. The maximum absolute atomic E-state index is 9.74. The number of hydrogen-bond donors (Lipinski definition) is 4. The summed E-state index contributed by atoms with van der Waals surface area (Å²) in [6.07, 6.45) is -4.35. The number of benzene rings is 2. The third kappa shape index (κ3) is 6.17. The molecule has 2 aromatic carbocycles. The molecule has 3 unspecified atom stereocenters. The van der Waals surface area contributed by atoms with E-state index in [4.69, 9.17) is 21.1 Å². The largest absolute Gasteiger partial charge is 0.494 e. The van der Waals surface area contributed by atoms with Crippen LogP contribution in [0.4, 0.5) is 0 Å². The molecule has 0 spiro atoms. The third-order valence-electron chi connectivity index (χ3n) is 4.34. The maximum Gasteiger partial charge on any atom is 0.182 e. The van der Waals surface area contributed by atoms with E-state index in [-0.39, 0.29) is 0 Å². The van der Waals surface area contributed by atoms with Crippen LogP contribution >= 0.6 is 11.6 Å². The molecule has 6 nitrogen and oxygen atoms in total. The first-order valence-electron chi connectivity index (χ1n) is 9.16. The molecule has 0 heterocycles. The Morgan fingerprint density at radius 3 is 2.25 bits per heavy atom. The SMILES string of the molecule is CCOc1ccc(Cc2cc(C(OC(CO)C(C)O)C(O)O)ccc2Cl)cc1. The lowest BCUT2D eigenvalue weighted by atomic mass is 10.00. The van der Waals surface area contributed by atoms with Gasteiger partial charge < -0.3 is 29.9 Å².